The molecule has 6 heteroatoms. The Kier molecular flexibility index (Phi) is 5.19. The van der Waals surface area contributed by atoms with E-state index < -0.39 is 0 Å². The van der Waals surface area contributed by atoms with Gasteiger partial charge in [0, 0.05) is 28.6 Å². The predicted octanol–water partition coefficient (Wildman–Crippen LogP) is 3.92. The standard InChI is InChI=1S/C16H20ClN3OS/c1-11(14(21)19-16(2,3)4)22-15-18-8-9-20(15)13-7-5-6-12(17)10-13/h5-11H,1-4H3,(H,19,21). The van der Waals surface area contributed by atoms with Gasteiger partial charge in [-0.25, -0.2) is 4.98 Å². The Bertz CT molecular complexity index is 663. The van der Waals surface area contributed by atoms with Crippen LogP contribution in [-0.4, -0.2) is 26.2 Å². The predicted molar refractivity (Wildman–Crippen MR) is 91.8 cm³/mol. The largest absolute Gasteiger partial charge is 0.351 e. The fourth-order valence-corrected chi connectivity index (χ4v) is 2.95. The number of thioether (sulfide) groups is 1. The lowest BCUT2D eigenvalue weighted by atomic mass is 10.1. The lowest BCUT2D eigenvalue weighted by Gasteiger charge is -2.23. The average molecular weight is 338 g/mol. The lowest BCUT2D eigenvalue weighted by Crippen LogP contribution is -2.44. The minimum absolute atomic E-state index is 0.00172. The zero-order chi connectivity index (χ0) is 16.3. The minimum Gasteiger partial charge on any atom is -0.351 e. The highest BCUT2D eigenvalue weighted by Gasteiger charge is 2.21. The summed E-state index contributed by atoms with van der Waals surface area (Å²) >= 11 is 7.46. The van der Waals surface area contributed by atoms with E-state index >= 15 is 0 Å². The monoisotopic (exact) mass is 337 g/mol. The van der Waals surface area contributed by atoms with E-state index in [4.69, 9.17) is 11.6 Å². The van der Waals surface area contributed by atoms with Crippen molar-refractivity contribution in [3.63, 3.8) is 0 Å². The fraction of sp³-hybridized carbons (Fsp3) is 0.375. The molecule has 1 aromatic heterocycles. The quantitative estimate of drug-likeness (QED) is 0.860. The van der Waals surface area contributed by atoms with Crippen LogP contribution in [0, 0.1) is 0 Å². The van der Waals surface area contributed by atoms with Crippen molar-refractivity contribution in [1.82, 2.24) is 14.9 Å². The van der Waals surface area contributed by atoms with Crippen molar-refractivity contribution < 1.29 is 4.79 Å². The number of carbonyl (C=O) groups is 1. The Hall–Kier alpha value is -1.46. The van der Waals surface area contributed by atoms with E-state index in [1.54, 1.807) is 6.20 Å². The molecule has 1 atom stereocenters. The van der Waals surface area contributed by atoms with Crippen LogP contribution in [0.3, 0.4) is 0 Å². The van der Waals surface area contributed by atoms with Crippen LogP contribution in [0.25, 0.3) is 5.69 Å². The molecule has 1 aromatic carbocycles. The van der Waals surface area contributed by atoms with Crippen molar-refractivity contribution in [2.75, 3.05) is 0 Å². The molecule has 1 amide bonds. The molecule has 0 fully saturated rings. The number of benzene rings is 1. The SMILES string of the molecule is CC(Sc1nccn1-c1cccc(Cl)c1)C(=O)NC(C)(C)C. The topological polar surface area (TPSA) is 46.9 Å². The molecule has 1 unspecified atom stereocenters. The third-order valence-corrected chi connectivity index (χ3v) is 4.16. The van der Waals surface area contributed by atoms with Crippen LogP contribution in [0.2, 0.25) is 5.02 Å². The number of aromatic nitrogens is 2. The number of amides is 1. The molecule has 0 radical (unpaired) electrons. The maximum atomic E-state index is 12.2. The summed E-state index contributed by atoms with van der Waals surface area (Å²) in [5.41, 5.74) is 0.685. The molecule has 0 bridgehead atoms. The molecule has 4 nitrogen and oxygen atoms in total. The highest BCUT2D eigenvalue weighted by atomic mass is 35.5. The highest BCUT2D eigenvalue weighted by Crippen LogP contribution is 2.26. The fourth-order valence-electron chi connectivity index (χ4n) is 1.88. The van der Waals surface area contributed by atoms with E-state index in [0.717, 1.165) is 10.8 Å². The first-order valence-electron chi connectivity index (χ1n) is 7.04. The molecule has 0 aliphatic rings. The van der Waals surface area contributed by atoms with Crippen molar-refractivity contribution in [2.45, 2.75) is 43.6 Å². The van der Waals surface area contributed by atoms with Crippen LogP contribution < -0.4 is 5.32 Å². The average Bonchev–Trinajstić information content (AvgIpc) is 2.84. The first-order chi connectivity index (χ1) is 10.3. The minimum atomic E-state index is -0.242. The van der Waals surface area contributed by atoms with Crippen LogP contribution in [0.15, 0.2) is 41.8 Å². The van der Waals surface area contributed by atoms with Gasteiger partial charge in [-0.1, -0.05) is 29.4 Å². The van der Waals surface area contributed by atoms with E-state index in [1.807, 2.05) is 62.7 Å². The zero-order valence-corrected chi connectivity index (χ0v) is 14.7. The Morgan fingerprint density at radius 2 is 2.14 bits per heavy atom. The van der Waals surface area contributed by atoms with Crippen LogP contribution in [-0.2, 0) is 4.79 Å². The lowest BCUT2D eigenvalue weighted by molar-refractivity contribution is -0.121. The number of hydrogen-bond donors (Lipinski definition) is 1. The molecule has 0 spiro atoms. The molecule has 1 heterocycles. The summed E-state index contributed by atoms with van der Waals surface area (Å²) in [5.74, 6) is -0.00172. The zero-order valence-electron chi connectivity index (χ0n) is 13.1. The molecule has 2 aromatic rings. The van der Waals surface area contributed by atoms with Gasteiger partial charge in [0.2, 0.25) is 5.91 Å². The second-order valence-electron chi connectivity index (χ2n) is 6.06. The maximum Gasteiger partial charge on any atom is 0.233 e. The maximum absolute atomic E-state index is 12.2. The van der Waals surface area contributed by atoms with E-state index in [9.17, 15) is 4.79 Å². The van der Waals surface area contributed by atoms with E-state index in [-0.39, 0.29) is 16.7 Å². The normalized spacial score (nSPS) is 13.0. The third kappa shape index (κ3) is 4.52. The van der Waals surface area contributed by atoms with Gasteiger partial charge >= 0.3 is 0 Å². The molecular weight excluding hydrogens is 318 g/mol. The molecule has 0 aliphatic heterocycles. The Balaban J connectivity index is 2.15. The van der Waals surface area contributed by atoms with Gasteiger partial charge in [0.1, 0.15) is 0 Å². The molecule has 0 saturated carbocycles. The second-order valence-corrected chi connectivity index (χ2v) is 7.80. The summed E-state index contributed by atoms with van der Waals surface area (Å²) < 4.78 is 1.93. The second kappa shape index (κ2) is 6.75. The number of imidazole rings is 1. The van der Waals surface area contributed by atoms with Gasteiger partial charge in [-0.05, 0) is 45.9 Å². The number of nitrogens with one attached hydrogen (secondary N) is 1. The van der Waals surface area contributed by atoms with Gasteiger partial charge in [0.05, 0.1) is 5.25 Å². The van der Waals surface area contributed by atoms with Crippen molar-refractivity contribution in [3.05, 3.63) is 41.7 Å². The smallest absolute Gasteiger partial charge is 0.233 e. The highest BCUT2D eigenvalue weighted by molar-refractivity contribution is 8.00. The van der Waals surface area contributed by atoms with Gasteiger partial charge in [-0.3, -0.25) is 9.36 Å². The Labute approximate surface area is 140 Å². The summed E-state index contributed by atoms with van der Waals surface area (Å²) in [7, 11) is 0. The number of rotatable bonds is 4. The summed E-state index contributed by atoms with van der Waals surface area (Å²) in [4.78, 5) is 16.5. The molecule has 2 rings (SSSR count). The number of hydrogen-bond acceptors (Lipinski definition) is 3. The van der Waals surface area contributed by atoms with Crippen LogP contribution >= 0.6 is 23.4 Å². The van der Waals surface area contributed by atoms with Gasteiger partial charge in [-0.15, -0.1) is 0 Å². The van der Waals surface area contributed by atoms with Gasteiger partial charge in [0.25, 0.3) is 0 Å². The van der Waals surface area contributed by atoms with Crippen molar-refractivity contribution in [3.8, 4) is 5.69 Å². The molecule has 1 N–H and O–H groups in total. The number of carbonyl (C=O) groups excluding carboxylic acids is 1. The van der Waals surface area contributed by atoms with Crippen molar-refractivity contribution in [1.29, 1.82) is 0 Å². The third-order valence-electron chi connectivity index (χ3n) is 2.84. The molecule has 22 heavy (non-hydrogen) atoms. The summed E-state index contributed by atoms with van der Waals surface area (Å²) in [6, 6.07) is 7.54. The molecule has 118 valence electrons. The summed E-state index contributed by atoms with van der Waals surface area (Å²) in [6.45, 7) is 7.78. The van der Waals surface area contributed by atoms with Crippen LogP contribution in [0.4, 0.5) is 0 Å². The Morgan fingerprint density at radius 3 is 2.77 bits per heavy atom. The molecule has 0 aliphatic carbocycles. The van der Waals surface area contributed by atoms with Crippen molar-refractivity contribution >= 4 is 29.3 Å². The van der Waals surface area contributed by atoms with Gasteiger partial charge in [-0.2, -0.15) is 0 Å². The van der Waals surface area contributed by atoms with E-state index in [2.05, 4.69) is 10.3 Å². The first-order valence-corrected chi connectivity index (χ1v) is 8.30. The van der Waals surface area contributed by atoms with E-state index in [0.29, 0.717) is 5.02 Å². The number of nitrogens with zero attached hydrogens (tertiary/aromatic N) is 2. The van der Waals surface area contributed by atoms with E-state index in [1.165, 1.54) is 11.8 Å². The van der Waals surface area contributed by atoms with Crippen LogP contribution in [0.5, 0.6) is 0 Å². The summed E-state index contributed by atoms with van der Waals surface area (Å²) in [6.07, 6.45) is 3.58. The number of halogens is 1. The molecular formula is C16H20ClN3OS. The molecule has 0 saturated heterocycles. The van der Waals surface area contributed by atoms with Gasteiger partial charge < -0.3 is 5.32 Å². The summed E-state index contributed by atoms with van der Waals surface area (Å²) in [5, 5.41) is 4.18. The first kappa shape index (κ1) is 16.9. The Morgan fingerprint density at radius 1 is 1.41 bits per heavy atom. The van der Waals surface area contributed by atoms with Crippen LogP contribution in [0.1, 0.15) is 27.7 Å². The van der Waals surface area contributed by atoms with Gasteiger partial charge in [0.15, 0.2) is 5.16 Å². The van der Waals surface area contributed by atoms with Crippen molar-refractivity contribution in [2.24, 2.45) is 0 Å².